The second kappa shape index (κ2) is 15.1. The van der Waals surface area contributed by atoms with E-state index in [9.17, 15) is 33.9 Å². The van der Waals surface area contributed by atoms with Crippen molar-refractivity contribution in [3.63, 3.8) is 0 Å². The van der Waals surface area contributed by atoms with Gasteiger partial charge >= 0.3 is 5.97 Å². The molecule has 4 unspecified atom stereocenters. The van der Waals surface area contributed by atoms with Crippen LogP contribution in [0.15, 0.2) is 60.8 Å². The number of aromatic amines is 1. The second-order valence-corrected chi connectivity index (χ2v) is 10.1. The zero-order chi connectivity index (χ0) is 31.5. The molecule has 0 bridgehead atoms. The van der Waals surface area contributed by atoms with Crippen LogP contribution >= 0.6 is 0 Å². The number of rotatable bonds is 16. The number of para-hydroxylation sites is 1. The molecular weight excluding hydrogens is 558 g/mol. The summed E-state index contributed by atoms with van der Waals surface area (Å²) in [6, 6.07) is 10.7. The fraction of sp³-hybridized carbons (Fsp3) is 0.310. The first kappa shape index (κ1) is 32.3. The standard InChI is InChI=1S/C29H35N7O7/c30-19(14-25(32)38)26(39)35-22(12-16-6-2-1-3-7-16)27(40)36-23(13-17-15-33-20-9-5-4-8-18(17)20)28(41)34-21(29(42)43)10-11-24(31)37/h1-9,15,19,21-23,33H,10-14,30H2,(H2,31,37)(H2,32,38)(H,34,41)(H,35,39)(H,36,40)(H,42,43). The van der Waals surface area contributed by atoms with Gasteiger partial charge in [-0.1, -0.05) is 48.5 Å². The summed E-state index contributed by atoms with van der Waals surface area (Å²) in [5.41, 5.74) is 18.2. The maximum atomic E-state index is 13.6. The van der Waals surface area contributed by atoms with Gasteiger partial charge in [-0.15, -0.1) is 0 Å². The number of carbonyl (C=O) groups is 6. The number of aliphatic carboxylic acids is 1. The molecule has 3 rings (SSSR count). The van der Waals surface area contributed by atoms with Crippen molar-refractivity contribution in [2.75, 3.05) is 0 Å². The van der Waals surface area contributed by atoms with Crippen molar-refractivity contribution in [3.05, 3.63) is 71.9 Å². The smallest absolute Gasteiger partial charge is 0.326 e. The van der Waals surface area contributed by atoms with Crippen LogP contribution in [-0.4, -0.2) is 69.8 Å². The number of amides is 5. The highest BCUT2D eigenvalue weighted by atomic mass is 16.4. The van der Waals surface area contributed by atoms with Crippen LogP contribution in [0.25, 0.3) is 10.9 Å². The fourth-order valence-electron chi connectivity index (χ4n) is 4.47. The van der Waals surface area contributed by atoms with Crippen LogP contribution in [0.1, 0.15) is 30.4 Å². The van der Waals surface area contributed by atoms with E-state index in [1.165, 1.54) is 0 Å². The molecule has 0 aliphatic carbocycles. The lowest BCUT2D eigenvalue weighted by molar-refractivity contribution is -0.142. The first-order chi connectivity index (χ1) is 20.4. The Labute approximate surface area is 246 Å². The molecule has 3 aromatic rings. The number of nitrogens with two attached hydrogens (primary N) is 3. The molecule has 1 heterocycles. The van der Waals surface area contributed by atoms with Crippen molar-refractivity contribution in [1.82, 2.24) is 20.9 Å². The summed E-state index contributed by atoms with van der Waals surface area (Å²) < 4.78 is 0. The van der Waals surface area contributed by atoms with Gasteiger partial charge < -0.3 is 43.2 Å². The Balaban J connectivity index is 1.90. The number of carboxylic acid groups (broad SMARTS) is 1. The van der Waals surface area contributed by atoms with E-state index in [-0.39, 0.29) is 25.7 Å². The summed E-state index contributed by atoms with van der Waals surface area (Å²) in [7, 11) is 0. The van der Waals surface area contributed by atoms with E-state index >= 15 is 0 Å². The molecule has 2 aromatic carbocycles. The van der Waals surface area contributed by atoms with Crippen LogP contribution < -0.4 is 33.2 Å². The largest absolute Gasteiger partial charge is 0.480 e. The van der Waals surface area contributed by atoms with Gasteiger partial charge in [0.05, 0.1) is 12.5 Å². The third kappa shape index (κ3) is 9.67. The van der Waals surface area contributed by atoms with E-state index in [1.54, 1.807) is 42.6 Å². The molecule has 4 atom stereocenters. The Bertz CT molecular complexity index is 1470. The number of hydrogen-bond donors (Lipinski definition) is 8. The molecule has 0 aliphatic rings. The first-order valence-electron chi connectivity index (χ1n) is 13.5. The van der Waals surface area contributed by atoms with E-state index < -0.39 is 66.1 Å². The third-order valence-electron chi connectivity index (χ3n) is 6.70. The van der Waals surface area contributed by atoms with Gasteiger partial charge in [0, 0.05) is 36.4 Å². The Morgan fingerprint density at radius 2 is 1.33 bits per heavy atom. The minimum absolute atomic E-state index is 0.0134. The van der Waals surface area contributed by atoms with Gasteiger partial charge in [0.2, 0.25) is 29.5 Å². The van der Waals surface area contributed by atoms with E-state index in [4.69, 9.17) is 17.2 Å². The third-order valence-corrected chi connectivity index (χ3v) is 6.70. The molecule has 228 valence electrons. The Kier molecular flexibility index (Phi) is 11.3. The molecule has 14 heteroatoms. The Morgan fingerprint density at radius 3 is 1.95 bits per heavy atom. The average molecular weight is 594 g/mol. The van der Waals surface area contributed by atoms with Crippen molar-refractivity contribution in [3.8, 4) is 0 Å². The lowest BCUT2D eigenvalue weighted by Gasteiger charge is -2.25. The van der Waals surface area contributed by atoms with Gasteiger partial charge in [0.25, 0.3) is 0 Å². The highest BCUT2D eigenvalue weighted by molar-refractivity contribution is 5.96. The van der Waals surface area contributed by atoms with E-state index in [0.717, 1.165) is 10.9 Å². The molecule has 1 aromatic heterocycles. The van der Waals surface area contributed by atoms with Gasteiger partial charge in [0.1, 0.15) is 18.1 Å². The number of fused-ring (bicyclic) bond motifs is 1. The van der Waals surface area contributed by atoms with Crippen molar-refractivity contribution in [1.29, 1.82) is 0 Å². The van der Waals surface area contributed by atoms with Crippen LogP contribution in [0.3, 0.4) is 0 Å². The Morgan fingerprint density at radius 1 is 0.744 bits per heavy atom. The maximum Gasteiger partial charge on any atom is 0.326 e. The number of hydrogen-bond acceptors (Lipinski definition) is 7. The molecule has 0 spiro atoms. The number of carbonyl (C=O) groups excluding carboxylic acids is 5. The van der Waals surface area contributed by atoms with Gasteiger partial charge in [-0.2, -0.15) is 0 Å². The molecule has 43 heavy (non-hydrogen) atoms. The number of H-pyrrole nitrogens is 1. The summed E-state index contributed by atoms with van der Waals surface area (Å²) in [5.74, 6) is -5.31. The van der Waals surface area contributed by atoms with Crippen LogP contribution in [0, 0.1) is 0 Å². The summed E-state index contributed by atoms with van der Waals surface area (Å²) in [5, 5.41) is 17.9. The van der Waals surface area contributed by atoms with Crippen molar-refractivity contribution in [2.45, 2.75) is 56.3 Å². The summed E-state index contributed by atoms with van der Waals surface area (Å²) in [4.78, 5) is 77.3. The van der Waals surface area contributed by atoms with E-state index in [2.05, 4.69) is 20.9 Å². The minimum atomic E-state index is -1.45. The van der Waals surface area contributed by atoms with Crippen LogP contribution in [0.4, 0.5) is 0 Å². The van der Waals surface area contributed by atoms with Crippen molar-refractivity contribution >= 4 is 46.4 Å². The van der Waals surface area contributed by atoms with Crippen molar-refractivity contribution < 1.29 is 33.9 Å². The monoisotopic (exact) mass is 593 g/mol. The number of primary amides is 2. The predicted octanol–water partition coefficient (Wildman–Crippen LogP) is -1.04. The average Bonchev–Trinajstić information content (AvgIpc) is 3.36. The molecule has 0 saturated carbocycles. The maximum absolute atomic E-state index is 13.6. The van der Waals surface area contributed by atoms with Crippen LogP contribution in [0.5, 0.6) is 0 Å². The zero-order valence-corrected chi connectivity index (χ0v) is 23.2. The first-order valence-corrected chi connectivity index (χ1v) is 13.5. The minimum Gasteiger partial charge on any atom is -0.480 e. The summed E-state index contributed by atoms with van der Waals surface area (Å²) >= 11 is 0. The lowest BCUT2D eigenvalue weighted by Crippen LogP contribution is -2.58. The second-order valence-electron chi connectivity index (χ2n) is 10.1. The Hall–Kier alpha value is -5.24. The molecule has 0 aliphatic heterocycles. The highest BCUT2D eigenvalue weighted by Gasteiger charge is 2.31. The van der Waals surface area contributed by atoms with Gasteiger partial charge in [-0.25, -0.2) is 4.79 Å². The molecule has 14 nitrogen and oxygen atoms in total. The highest BCUT2D eigenvalue weighted by Crippen LogP contribution is 2.19. The van der Waals surface area contributed by atoms with Gasteiger partial charge in [-0.3, -0.25) is 24.0 Å². The quantitative estimate of drug-likeness (QED) is 0.102. The predicted molar refractivity (Wildman–Crippen MR) is 156 cm³/mol. The molecule has 11 N–H and O–H groups in total. The number of nitrogens with one attached hydrogen (secondary N) is 4. The topological polar surface area (TPSA) is 253 Å². The summed E-state index contributed by atoms with van der Waals surface area (Å²) in [6.07, 6.45) is 0.655. The molecular formula is C29H35N7O7. The number of benzene rings is 2. The van der Waals surface area contributed by atoms with E-state index in [1.807, 2.05) is 18.2 Å². The van der Waals surface area contributed by atoms with Gasteiger partial charge in [-0.05, 0) is 23.6 Å². The summed E-state index contributed by atoms with van der Waals surface area (Å²) in [6.45, 7) is 0. The van der Waals surface area contributed by atoms with Crippen LogP contribution in [0.2, 0.25) is 0 Å². The molecule has 0 radical (unpaired) electrons. The number of aromatic nitrogens is 1. The van der Waals surface area contributed by atoms with Crippen LogP contribution in [-0.2, 0) is 41.6 Å². The molecule has 0 fully saturated rings. The SMILES string of the molecule is NC(=O)CCC(NC(=O)C(Cc1c[nH]c2ccccc12)NC(=O)C(Cc1ccccc1)NC(=O)C(N)CC(N)=O)C(=O)O. The van der Waals surface area contributed by atoms with E-state index in [0.29, 0.717) is 11.1 Å². The van der Waals surface area contributed by atoms with Gasteiger partial charge in [0.15, 0.2) is 0 Å². The number of carboxylic acids is 1. The normalized spacial score (nSPS) is 13.7. The fourth-order valence-corrected chi connectivity index (χ4v) is 4.47. The lowest BCUT2D eigenvalue weighted by atomic mass is 10.0. The zero-order valence-electron chi connectivity index (χ0n) is 23.2. The van der Waals surface area contributed by atoms with Crippen molar-refractivity contribution in [2.24, 2.45) is 17.2 Å². The molecule has 0 saturated heterocycles. The molecule has 5 amide bonds.